The fourth-order valence-electron chi connectivity index (χ4n) is 3.02. The van der Waals surface area contributed by atoms with Crippen LogP contribution in [0.5, 0.6) is 0 Å². The van der Waals surface area contributed by atoms with Crippen molar-refractivity contribution in [3.05, 3.63) is 56.5 Å². The fraction of sp³-hybridized carbons (Fsp3) is 0.444. The lowest BCUT2D eigenvalue weighted by Crippen LogP contribution is -2.29. The highest BCUT2D eigenvalue weighted by Crippen LogP contribution is 2.14. The molecule has 5 nitrogen and oxygen atoms in total. The monoisotopic (exact) mass is 346 g/mol. The van der Waals surface area contributed by atoms with Gasteiger partial charge in [-0.25, -0.2) is 4.98 Å². The SMILES string of the molecule is CN(C)c1nc2c(c(=O)[nH]1)CCN(CCc1ccc(Cl)cc1)CC2. The van der Waals surface area contributed by atoms with Crippen LogP contribution in [0.3, 0.4) is 0 Å². The van der Waals surface area contributed by atoms with E-state index in [0.29, 0.717) is 5.95 Å². The van der Waals surface area contributed by atoms with Crippen molar-refractivity contribution >= 4 is 17.5 Å². The average molecular weight is 347 g/mol. The molecule has 0 amide bonds. The Kier molecular flexibility index (Phi) is 5.21. The lowest BCUT2D eigenvalue weighted by molar-refractivity contribution is 0.290. The first-order valence-corrected chi connectivity index (χ1v) is 8.67. The van der Waals surface area contributed by atoms with Gasteiger partial charge in [0.15, 0.2) is 0 Å². The average Bonchev–Trinajstić information content (AvgIpc) is 2.77. The number of fused-ring (bicyclic) bond motifs is 1. The summed E-state index contributed by atoms with van der Waals surface area (Å²) in [7, 11) is 3.78. The summed E-state index contributed by atoms with van der Waals surface area (Å²) in [5.41, 5.74) is 3.07. The third-order valence-corrected chi connectivity index (χ3v) is 4.74. The van der Waals surface area contributed by atoms with Crippen molar-refractivity contribution in [3.8, 4) is 0 Å². The number of aromatic nitrogens is 2. The van der Waals surface area contributed by atoms with Gasteiger partial charge in [-0.1, -0.05) is 23.7 Å². The van der Waals surface area contributed by atoms with Gasteiger partial charge in [0.1, 0.15) is 0 Å². The molecular weight excluding hydrogens is 324 g/mol. The number of nitrogens with zero attached hydrogens (tertiary/aromatic N) is 3. The minimum absolute atomic E-state index is 0.00301. The van der Waals surface area contributed by atoms with E-state index < -0.39 is 0 Å². The molecule has 1 aliphatic heterocycles. The van der Waals surface area contributed by atoms with Gasteiger partial charge in [0.25, 0.3) is 5.56 Å². The van der Waals surface area contributed by atoms with Gasteiger partial charge in [0.05, 0.1) is 5.69 Å². The van der Waals surface area contributed by atoms with Crippen LogP contribution in [0.4, 0.5) is 5.95 Å². The number of halogens is 1. The molecule has 0 radical (unpaired) electrons. The minimum atomic E-state index is 0.00301. The summed E-state index contributed by atoms with van der Waals surface area (Å²) in [6.45, 7) is 2.81. The van der Waals surface area contributed by atoms with E-state index in [4.69, 9.17) is 11.6 Å². The van der Waals surface area contributed by atoms with E-state index in [2.05, 4.69) is 27.0 Å². The smallest absolute Gasteiger partial charge is 0.255 e. The highest BCUT2D eigenvalue weighted by molar-refractivity contribution is 6.30. The van der Waals surface area contributed by atoms with Crippen molar-refractivity contribution in [1.82, 2.24) is 14.9 Å². The number of H-pyrrole nitrogens is 1. The second-order valence-electron chi connectivity index (χ2n) is 6.43. The van der Waals surface area contributed by atoms with E-state index in [0.717, 1.165) is 55.2 Å². The largest absolute Gasteiger partial charge is 0.348 e. The molecule has 0 aliphatic carbocycles. The van der Waals surface area contributed by atoms with Crippen molar-refractivity contribution in [1.29, 1.82) is 0 Å². The van der Waals surface area contributed by atoms with Crippen LogP contribution >= 0.6 is 11.6 Å². The van der Waals surface area contributed by atoms with Crippen LogP contribution < -0.4 is 10.5 Å². The Labute approximate surface area is 147 Å². The molecule has 0 saturated heterocycles. The van der Waals surface area contributed by atoms with Gasteiger partial charge in [-0.05, 0) is 30.5 Å². The van der Waals surface area contributed by atoms with E-state index >= 15 is 0 Å². The summed E-state index contributed by atoms with van der Waals surface area (Å²) < 4.78 is 0. The second-order valence-corrected chi connectivity index (χ2v) is 6.86. The van der Waals surface area contributed by atoms with E-state index in [-0.39, 0.29) is 5.56 Å². The summed E-state index contributed by atoms with van der Waals surface area (Å²) >= 11 is 5.93. The standard InChI is InChI=1S/C18H23ClN4O/c1-22(2)18-20-16-9-12-23(11-8-15(16)17(24)21-18)10-7-13-3-5-14(19)6-4-13/h3-6H,7-12H2,1-2H3,(H,20,21,24). The molecule has 2 heterocycles. The fourth-order valence-corrected chi connectivity index (χ4v) is 3.14. The van der Waals surface area contributed by atoms with Crippen LogP contribution in [0.15, 0.2) is 29.1 Å². The Morgan fingerprint density at radius 3 is 2.62 bits per heavy atom. The highest BCUT2D eigenvalue weighted by Gasteiger charge is 2.18. The summed E-state index contributed by atoms with van der Waals surface area (Å²) in [5.74, 6) is 0.633. The third kappa shape index (κ3) is 3.97. The highest BCUT2D eigenvalue weighted by atomic mass is 35.5. The van der Waals surface area contributed by atoms with Crippen LogP contribution in [-0.4, -0.2) is 48.6 Å². The topological polar surface area (TPSA) is 52.2 Å². The van der Waals surface area contributed by atoms with Gasteiger partial charge >= 0.3 is 0 Å². The number of anilines is 1. The van der Waals surface area contributed by atoms with Gasteiger partial charge in [-0.2, -0.15) is 0 Å². The van der Waals surface area contributed by atoms with Crippen LogP contribution in [0.25, 0.3) is 0 Å². The van der Waals surface area contributed by atoms with Crippen LogP contribution in [0.1, 0.15) is 16.8 Å². The number of hydrogen-bond acceptors (Lipinski definition) is 4. The van der Waals surface area contributed by atoms with Crippen molar-refractivity contribution < 1.29 is 0 Å². The maximum Gasteiger partial charge on any atom is 0.255 e. The zero-order valence-corrected chi connectivity index (χ0v) is 14.9. The molecule has 1 aromatic carbocycles. The van der Waals surface area contributed by atoms with E-state index in [9.17, 15) is 4.79 Å². The van der Waals surface area contributed by atoms with Gasteiger partial charge in [0.2, 0.25) is 5.95 Å². The maximum atomic E-state index is 12.3. The first-order chi connectivity index (χ1) is 11.5. The summed E-state index contributed by atoms with van der Waals surface area (Å²) in [5, 5.41) is 0.769. The molecule has 3 rings (SSSR count). The molecule has 0 bridgehead atoms. The summed E-state index contributed by atoms with van der Waals surface area (Å²) in [6.07, 6.45) is 2.56. The normalized spacial score (nSPS) is 15.0. The van der Waals surface area contributed by atoms with Crippen LogP contribution in [-0.2, 0) is 19.3 Å². The molecular formula is C18H23ClN4O. The Bertz CT molecular complexity index is 755. The van der Waals surface area contributed by atoms with Crippen molar-refractivity contribution in [2.75, 3.05) is 38.6 Å². The van der Waals surface area contributed by atoms with Gasteiger partial charge in [-0.3, -0.25) is 9.78 Å². The third-order valence-electron chi connectivity index (χ3n) is 4.49. The molecule has 1 N–H and O–H groups in total. The quantitative estimate of drug-likeness (QED) is 0.921. The van der Waals surface area contributed by atoms with Gasteiger partial charge in [0, 0.05) is 50.7 Å². The molecule has 128 valence electrons. The second kappa shape index (κ2) is 7.36. The molecule has 2 aromatic rings. The Morgan fingerprint density at radius 2 is 1.92 bits per heavy atom. The first-order valence-electron chi connectivity index (χ1n) is 8.29. The molecule has 0 atom stereocenters. The summed E-state index contributed by atoms with van der Waals surface area (Å²) in [6, 6.07) is 8.01. The number of hydrogen-bond donors (Lipinski definition) is 1. The summed E-state index contributed by atoms with van der Waals surface area (Å²) in [4.78, 5) is 24.0. The van der Waals surface area contributed by atoms with Gasteiger partial charge < -0.3 is 9.80 Å². The lowest BCUT2D eigenvalue weighted by Gasteiger charge is -2.19. The Balaban J connectivity index is 1.66. The van der Waals surface area contributed by atoms with Gasteiger partial charge in [-0.15, -0.1) is 0 Å². The number of nitrogens with one attached hydrogen (secondary N) is 1. The van der Waals surface area contributed by atoms with Crippen molar-refractivity contribution in [2.24, 2.45) is 0 Å². The van der Waals surface area contributed by atoms with Crippen molar-refractivity contribution in [2.45, 2.75) is 19.3 Å². The maximum absolute atomic E-state index is 12.3. The first kappa shape index (κ1) is 17.0. The number of benzene rings is 1. The zero-order chi connectivity index (χ0) is 17.1. The van der Waals surface area contributed by atoms with Crippen molar-refractivity contribution in [3.63, 3.8) is 0 Å². The van der Waals surface area contributed by atoms with Crippen LogP contribution in [0.2, 0.25) is 5.02 Å². The predicted molar refractivity (Wildman–Crippen MR) is 98.2 cm³/mol. The molecule has 0 saturated carbocycles. The molecule has 1 aliphatic rings. The molecule has 24 heavy (non-hydrogen) atoms. The number of rotatable bonds is 4. The molecule has 6 heteroatoms. The van der Waals surface area contributed by atoms with Crippen LogP contribution in [0, 0.1) is 0 Å². The lowest BCUT2D eigenvalue weighted by atomic mass is 10.1. The Hall–Kier alpha value is -1.85. The van der Waals surface area contributed by atoms with E-state index in [1.165, 1.54) is 5.56 Å². The number of aromatic amines is 1. The van der Waals surface area contributed by atoms with E-state index in [1.807, 2.05) is 31.1 Å². The predicted octanol–water partition coefficient (Wildman–Crippen LogP) is 2.13. The Morgan fingerprint density at radius 1 is 1.21 bits per heavy atom. The molecule has 0 unspecified atom stereocenters. The molecule has 0 spiro atoms. The minimum Gasteiger partial charge on any atom is -0.348 e. The molecule has 0 fully saturated rings. The zero-order valence-electron chi connectivity index (χ0n) is 14.2. The molecule has 1 aromatic heterocycles. The van der Waals surface area contributed by atoms with E-state index in [1.54, 1.807) is 0 Å².